The van der Waals surface area contributed by atoms with Crippen LogP contribution in [0.15, 0.2) is 23.2 Å². The van der Waals surface area contributed by atoms with Gasteiger partial charge >= 0.3 is 6.18 Å². The Hall–Kier alpha value is -2.12. The van der Waals surface area contributed by atoms with E-state index in [1.165, 1.54) is 0 Å². The first-order valence-corrected chi connectivity index (χ1v) is 8.97. The number of anilines is 1. The smallest absolute Gasteiger partial charge is 0.392 e. The monoisotopic (exact) mass is 371 g/mol. The molecule has 1 aliphatic heterocycles. The Kier molecular flexibility index (Phi) is 5.78. The first kappa shape index (κ1) is 18.7. The molecule has 1 aromatic rings. The minimum absolute atomic E-state index is 0.0769. The van der Waals surface area contributed by atoms with Crippen LogP contribution in [0.1, 0.15) is 32.1 Å². The molecular formula is C18H24F3N3O2. The van der Waals surface area contributed by atoms with Crippen LogP contribution in [0.25, 0.3) is 0 Å². The van der Waals surface area contributed by atoms with Crippen molar-refractivity contribution in [1.82, 2.24) is 0 Å². The quantitative estimate of drug-likeness (QED) is 0.624. The Bertz CT molecular complexity index is 649. The molecule has 0 spiro atoms. The Labute approximate surface area is 150 Å². The van der Waals surface area contributed by atoms with E-state index in [-0.39, 0.29) is 18.9 Å². The lowest BCUT2D eigenvalue weighted by Gasteiger charge is -2.32. The van der Waals surface area contributed by atoms with Gasteiger partial charge in [-0.05, 0) is 30.9 Å². The van der Waals surface area contributed by atoms with Gasteiger partial charge in [-0.1, -0.05) is 12.8 Å². The van der Waals surface area contributed by atoms with Crippen LogP contribution in [-0.2, 0) is 0 Å². The molecule has 1 aromatic carbocycles. The predicted octanol–water partition coefficient (Wildman–Crippen LogP) is 3.94. The van der Waals surface area contributed by atoms with Crippen LogP contribution in [0, 0.1) is 11.8 Å². The summed E-state index contributed by atoms with van der Waals surface area (Å²) in [6.45, 7) is 1.25. The molecule has 1 saturated carbocycles. The summed E-state index contributed by atoms with van der Waals surface area (Å²) in [6, 6.07) is 5.30. The van der Waals surface area contributed by atoms with E-state index in [0.717, 1.165) is 12.8 Å². The SMILES string of the molecule is NC(=NCC1CCCCC1C(F)(F)F)Nc1ccc2c(c1)OCCCO2. The van der Waals surface area contributed by atoms with Crippen molar-refractivity contribution in [3.8, 4) is 11.5 Å². The predicted molar refractivity (Wildman–Crippen MR) is 93.7 cm³/mol. The van der Waals surface area contributed by atoms with Gasteiger partial charge in [0, 0.05) is 24.7 Å². The number of nitrogens with two attached hydrogens (primary N) is 1. The summed E-state index contributed by atoms with van der Waals surface area (Å²) >= 11 is 0. The third kappa shape index (κ3) is 4.74. The highest BCUT2D eigenvalue weighted by Gasteiger charge is 2.45. The van der Waals surface area contributed by atoms with Gasteiger partial charge in [-0.25, -0.2) is 0 Å². The number of hydrogen-bond acceptors (Lipinski definition) is 3. The zero-order valence-electron chi connectivity index (χ0n) is 14.5. The average molecular weight is 371 g/mol. The van der Waals surface area contributed by atoms with E-state index in [9.17, 15) is 13.2 Å². The number of nitrogens with zero attached hydrogens (tertiary/aromatic N) is 1. The van der Waals surface area contributed by atoms with Gasteiger partial charge in [-0.15, -0.1) is 0 Å². The number of rotatable bonds is 3. The first-order valence-electron chi connectivity index (χ1n) is 8.97. The van der Waals surface area contributed by atoms with Crippen molar-refractivity contribution in [1.29, 1.82) is 0 Å². The summed E-state index contributed by atoms with van der Waals surface area (Å²) in [5, 5.41) is 2.92. The molecule has 26 heavy (non-hydrogen) atoms. The number of halogens is 3. The van der Waals surface area contributed by atoms with Crippen molar-refractivity contribution in [3.63, 3.8) is 0 Å². The van der Waals surface area contributed by atoms with Gasteiger partial charge in [0.2, 0.25) is 0 Å². The zero-order valence-corrected chi connectivity index (χ0v) is 14.5. The zero-order chi connectivity index (χ0) is 18.6. The molecule has 0 saturated heterocycles. The lowest BCUT2D eigenvalue weighted by Crippen LogP contribution is -2.35. The molecule has 0 bridgehead atoms. The van der Waals surface area contributed by atoms with E-state index in [4.69, 9.17) is 15.2 Å². The summed E-state index contributed by atoms with van der Waals surface area (Å²) < 4.78 is 50.6. The van der Waals surface area contributed by atoms with E-state index < -0.39 is 18.0 Å². The second-order valence-electron chi connectivity index (χ2n) is 6.76. The number of benzene rings is 1. The number of fused-ring (bicyclic) bond motifs is 1. The number of aliphatic imine (C=N–C) groups is 1. The maximum atomic E-state index is 13.1. The summed E-state index contributed by atoms with van der Waals surface area (Å²) in [7, 11) is 0. The lowest BCUT2D eigenvalue weighted by molar-refractivity contribution is -0.195. The van der Waals surface area contributed by atoms with Crippen molar-refractivity contribution < 1.29 is 22.6 Å². The molecule has 3 N–H and O–H groups in total. The summed E-state index contributed by atoms with van der Waals surface area (Å²) in [5.74, 6) is -0.409. The standard InChI is InChI=1S/C18H24F3N3O2/c19-18(20,21)14-5-2-1-4-12(14)11-23-17(22)24-13-6-7-15-16(10-13)26-9-3-8-25-15/h6-7,10,12,14H,1-5,8-9,11H2,(H3,22,23,24). The Morgan fingerprint density at radius 3 is 2.62 bits per heavy atom. The molecule has 0 aromatic heterocycles. The molecule has 5 nitrogen and oxygen atoms in total. The molecule has 2 atom stereocenters. The Balaban J connectivity index is 1.62. The highest BCUT2D eigenvalue weighted by molar-refractivity contribution is 5.92. The summed E-state index contributed by atoms with van der Waals surface area (Å²) in [4.78, 5) is 4.15. The van der Waals surface area contributed by atoms with Crippen molar-refractivity contribution in [2.45, 2.75) is 38.3 Å². The highest BCUT2D eigenvalue weighted by Crippen LogP contribution is 2.41. The molecule has 2 unspecified atom stereocenters. The fourth-order valence-corrected chi connectivity index (χ4v) is 3.50. The molecule has 1 fully saturated rings. The molecule has 1 heterocycles. The number of hydrogen-bond donors (Lipinski definition) is 2. The van der Waals surface area contributed by atoms with Crippen LogP contribution in [0.5, 0.6) is 11.5 Å². The third-order valence-corrected chi connectivity index (χ3v) is 4.85. The van der Waals surface area contributed by atoms with E-state index in [1.54, 1.807) is 18.2 Å². The molecule has 0 radical (unpaired) electrons. The van der Waals surface area contributed by atoms with E-state index in [2.05, 4.69) is 10.3 Å². The molecule has 144 valence electrons. The molecule has 2 aliphatic rings. The van der Waals surface area contributed by atoms with Gasteiger partial charge in [-0.3, -0.25) is 4.99 Å². The van der Waals surface area contributed by atoms with Crippen LogP contribution < -0.4 is 20.5 Å². The number of nitrogens with one attached hydrogen (secondary N) is 1. The number of ether oxygens (including phenoxy) is 2. The molecule has 3 rings (SSSR count). The van der Waals surface area contributed by atoms with Crippen molar-refractivity contribution in [3.05, 3.63) is 18.2 Å². The Morgan fingerprint density at radius 2 is 1.85 bits per heavy atom. The summed E-state index contributed by atoms with van der Waals surface area (Å²) in [6.07, 6.45) is -1.22. The van der Waals surface area contributed by atoms with Crippen molar-refractivity contribution >= 4 is 11.6 Å². The fourth-order valence-electron chi connectivity index (χ4n) is 3.50. The van der Waals surface area contributed by atoms with Gasteiger partial charge in [0.25, 0.3) is 0 Å². The van der Waals surface area contributed by atoms with Gasteiger partial charge < -0.3 is 20.5 Å². The summed E-state index contributed by atoms with van der Waals surface area (Å²) in [5.41, 5.74) is 6.53. The van der Waals surface area contributed by atoms with Gasteiger partial charge in [0.05, 0.1) is 19.1 Å². The normalized spacial score (nSPS) is 24.0. The topological polar surface area (TPSA) is 68.9 Å². The van der Waals surface area contributed by atoms with Crippen molar-refractivity contribution in [2.24, 2.45) is 22.6 Å². The van der Waals surface area contributed by atoms with Gasteiger partial charge in [0.15, 0.2) is 17.5 Å². The Morgan fingerprint density at radius 1 is 1.12 bits per heavy atom. The van der Waals surface area contributed by atoms with Gasteiger partial charge in [-0.2, -0.15) is 13.2 Å². The maximum absolute atomic E-state index is 13.1. The minimum atomic E-state index is -4.17. The number of alkyl halides is 3. The third-order valence-electron chi connectivity index (χ3n) is 4.85. The molecule has 8 heteroatoms. The molecule has 0 amide bonds. The first-order chi connectivity index (χ1) is 12.4. The second kappa shape index (κ2) is 8.05. The van der Waals surface area contributed by atoms with Crippen LogP contribution >= 0.6 is 0 Å². The fraction of sp³-hybridized carbons (Fsp3) is 0.611. The van der Waals surface area contributed by atoms with Crippen LogP contribution in [-0.4, -0.2) is 31.9 Å². The number of guanidine groups is 1. The largest absolute Gasteiger partial charge is 0.490 e. The average Bonchev–Trinajstić information content (AvgIpc) is 2.84. The highest BCUT2D eigenvalue weighted by atomic mass is 19.4. The van der Waals surface area contributed by atoms with E-state index >= 15 is 0 Å². The van der Waals surface area contributed by atoms with Gasteiger partial charge in [0.1, 0.15) is 0 Å². The molecular weight excluding hydrogens is 347 g/mol. The van der Waals surface area contributed by atoms with Crippen LogP contribution in [0.2, 0.25) is 0 Å². The maximum Gasteiger partial charge on any atom is 0.392 e. The molecule has 1 aliphatic carbocycles. The van der Waals surface area contributed by atoms with Crippen LogP contribution in [0.4, 0.5) is 18.9 Å². The second-order valence-corrected chi connectivity index (χ2v) is 6.76. The van der Waals surface area contributed by atoms with Crippen molar-refractivity contribution in [2.75, 3.05) is 25.1 Å². The minimum Gasteiger partial charge on any atom is -0.490 e. The van der Waals surface area contributed by atoms with E-state index in [1.807, 2.05) is 0 Å². The van der Waals surface area contributed by atoms with Crippen LogP contribution in [0.3, 0.4) is 0 Å². The van der Waals surface area contributed by atoms with E-state index in [0.29, 0.717) is 43.2 Å². The lowest BCUT2D eigenvalue weighted by atomic mass is 9.79.